The van der Waals surface area contributed by atoms with Crippen molar-refractivity contribution in [2.24, 2.45) is 5.92 Å². The van der Waals surface area contributed by atoms with Gasteiger partial charge in [0.05, 0.1) is 6.54 Å². The van der Waals surface area contributed by atoms with Crippen molar-refractivity contribution in [3.05, 3.63) is 35.9 Å². The number of likely N-dealkylation sites (N-methyl/N-ethyl adjacent to an activating group) is 1. The molecule has 27 heavy (non-hydrogen) atoms. The number of likely N-dealkylation sites (tertiary alicyclic amines) is 1. The molecule has 2 heterocycles. The van der Waals surface area contributed by atoms with Gasteiger partial charge in [-0.2, -0.15) is 0 Å². The van der Waals surface area contributed by atoms with Crippen LogP contribution in [0.3, 0.4) is 0 Å². The standard InChI is InChI=1S/C22H34N4O/c1-25(15-21-19-10-6-3-7-11-20(19)23-24-21)22(27)16-26-13-12-18(14-26)17-8-4-2-5-9-17/h2,4-5,8-9,18-21,23-24H,3,6-7,10-16H2,1H3. The van der Waals surface area contributed by atoms with Gasteiger partial charge in [-0.1, -0.05) is 49.6 Å². The molecule has 5 nitrogen and oxygen atoms in total. The number of hydrogen-bond donors (Lipinski definition) is 2. The first-order valence-corrected chi connectivity index (χ1v) is 10.7. The number of nitrogens with one attached hydrogen (secondary N) is 2. The Bertz CT molecular complexity index is 622. The summed E-state index contributed by atoms with van der Waals surface area (Å²) < 4.78 is 0. The van der Waals surface area contributed by atoms with Crippen molar-refractivity contribution in [2.45, 2.75) is 56.5 Å². The summed E-state index contributed by atoms with van der Waals surface area (Å²) in [6.45, 7) is 3.38. The second kappa shape index (κ2) is 8.72. The molecular formula is C22H34N4O. The summed E-state index contributed by atoms with van der Waals surface area (Å²) in [6, 6.07) is 11.7. The van der Waals surface area contributed by atoms with Crippen LogP contribution in [0.5, 0.6) is 0 Å². The quantitative estimate of drug-likeness (QED) is 0.835. The van der Waals surface area contributed by atoms with E-state index >= 15 is 0 Å². The summed E-state index contributed by atoms with van der Waals surface area (Å²) >= 11 is 0. The molecule has 0 bridgehead atoms. The van der Waals surface area contributed by atoms with E-state index < -0.39 is 0 Å². The smallest absolute Gasteiger partial charge is 0.236 e. The number of rotatable bonds is 5. The highest BCUT2D eigenvalue weighted by atomic mass is 16.2. The van der Waals surface area contributed by atoms with E-state index in [9.17, 15) is 4.79 Å². The zero-order valence-electron chi connectivity index (χ0n) is 16.6. The Balaban J connectivity index is 1.26. The molecule has 2 N–H and O–H groups in total. The minimum Gasteiger partial charge on any atom is -0.343 e. The largest absolute Gasteiger partial charge is 0.343 e. The lowest BCUT2D eigenvalue weighted by Crippen LogP contribution is -2.46. The highest BCUT2D eigenvalue weighted by Crippen LogP contribution is 2.30. The van der Waals surface area contributed by atoms with Gasteiger partial charge in [0.25, 0.3) is 0 Å². The maximum absolute atomic E-state index is 12.8. The van der Waals surface area contributed by atoms with Gasteiger partial charge in [-0.3, -0.25) is 20.5 Å². The van der Waals surface area contributed by atoms with Crippen LogP contribution in [0.2, 0.25) is 0 Å². The third-order valence-electron chi connectivity index (χ3n) is 6.84. The predicted molar refractivity (Wildman–Crippen MR) is 108 cm³/mol. The van der Waals surface area contributed by atoms with E-state index in [1.165, 1.54) is 37.7 Å². The first-order chi connectivity index (χ1) is 13.2. The summed E-state index contributed by atoms with van der Waals surface area (Å²) in [5.74, 6) is 1.48. The third-order valence-corrected chi connectivity index (χ3v) is 6.84. The van der Waals surface area contributed by atoms with Crippen molar-refractivity contribution >= 4 is 5.91 Å². The molecule has 0 aromatic heterocycles. The van der Waals surface area contributed by atoms with Crippen LogP contribution in [0, 0.1) is 5.92 Å². The summed E-state index contributed by atoms with van der Waals surface area (Å²) in [7, 11) is 1.97. The predicted octanol–water partition coefficient (Wildman–Crippen LogP) is 2.36. The summed E-state index contributed by atoms with van der Waals surface area (Å²) in [6.07, 6.45) is 7.71. The molecule has 5 heteroatoms. The zero-order valence-corrected chi connectivity index (χ0v) is 16.6. The number of fused-ring (bicyclic) bond motifs is 1. The molecular weight excluding hydrogens is 336 g/mol. The Morgan fingerprint density at radius 2 is 1.93 bits per heavy atom. The van der Waals surface area contributed by atoms with Crippen LogP contribution in [-0.4, -0.2) is 61.0 Å². The molecule has 148 valence electrons. The number of carbonyl (C=O) groups is 1. The number of hydrogen-bond acceptors (Lipinski definition) is 4. The van der Waals surface area contributed by atoms with Crippen molar-refractivity contribution in [3.63, 3.8) is 0 Å². The molecule has 1 aliphatic carbocycles. The second-order valence-electron chi connectivity index (χ2n) is 8.71. The Morgan fingerprint density at radius 1 is 1.11 bits per heavy atom. The fourth-order valence-electron chi connectivity index (χ4n) is 5.18. The Morgan fingerprint density at radius 3 is 2.78 bits per heavy atom. The molecule has 1 saturated carbocycles. The minimum absolute atomic E-state index is 0.252. The van der Waals surface area contributed by atoms with E-state index in [-0.39, 0.29) is 5.91 Å². The Kier molecular flexibility index (Phi) is 6.11. The molecule has 3 aliphatic rings. The van der Waals surface area contributed by atoms with E-state index in [2.05, 4.69) is 46.1 Å². The topological polar surface area (TPSA) is 47.6 Å². The van der Waals surface area contributed by atoms with E-state index in [0.717, 1.165) is 26.1 Å². The number of benzene rings is 1. The number of nitrogens with zero attached hydrogens (tertiary/aromatic N) is 2. The Hall–Kier alpha value is -1.43. The van der Waals surface area contributed by atoms with Crippen LogP contribution < -0.4 is 10.9 Å². The lowest BCUT2D eigenvalue weighted by atomic mass is 9.90. The van der Waals surface area contributed by atoms with Crippen molar-refractivity contribution < 1.29 is 4.79 Å². The van der Waals surface area contributed by atoms with E-state index in [4.69, 9.17) is 0 Å². The van der Waals surface area contributed by atoms with Crippen molar-refractivity contribution in [3.8, 4) is 0 Å². The van der Waals surface area contributed by atoms with E-state index in [1.54, 1.807) is 0 Å². The molecule has 3 fully saturated rings. The second-order valence-corrected chi connectivity index (χ2v) is 8.71. The SMILES string of the molecule is CN(CC1NNC2CCCCCC21)C(=O)CN1CCC(c2ccccc2)C1. The third kappa shape index (κ3) is 4.53. The summed E-state index contributed by atoms with van der Waals surface area (Å²) in [4.78, 5) is 17.1. The van der Waals surface area contributed by atoms with Crippen LogP contribution in [0.25, 0.3) is 0 Å². The average Bonchev–Trinajstić information content (AvgIpc) is 3.23. The molecule has 1 amide bonds. The molecule has 4 atom stereocenters. The maximum Gasteiger partial charge on any atom is 0.236 e. The number of hydrazine groups is 1. The van der Waals surface area contributed by atoms with Crippen LogP contribution in [0.15, 0.2) is 30.3 Å². The van der Waals surface area contributed by atoms with Crippen LogP contribution >= 0.6 is 0 Å². The van der Waals surface area contributed by atoms with Crippen molar-refractivity contribution in [1.29, 1.82) is 0 Å². The highest BCUT2D eigenvalue weighted by molar-refractivity contribution is 5.78. The van der Waals surface area contributed by atoms with Gasteiger partial charge in [-0.05, 0) is 43.2 Å². The van der Waals surface area contributed by atoms with E-state index in [1.807, 2.05) is 11.9 Å². The normalized spacial score (nSPS) is 31.4. The monoisotopic (exact) mass is 370 g/mol. The molecule has 1 aromatic rings. The Labute approximate surface area is 163 Å². The fraction of sp³-hybridized carbons (Fsp3) is 0.682. The fourth-order valence-corrected chi connectivity index (χ4v) is 5.18. The van der Waals surface area contributed by atoms with Gasteiger partial charge in [0, 0.05) is 32.2 Å². The molecule has 2 aliphatic heterocycles. The van der Waals surface area contributed by atoms with Crippen LogP contribution in [0.4, 0.5) is 0 Å². The maximum atomic E-state index is 12.8. The molecule has 2 saturated heterocycles. The van der Waals surface area contributed by atoms with Crippen molar-refractivity contribution in [2.75, 3.05) is 33.2 Å². The van der Waals surface area contributed by atoms with Crippen molar-refractivity contribution in [1.82, 2.24) is 20.7 Å². The average molecular weight is 371 g/mol. The number of amides is 1. The van der Waals surface area contributed by atoms with Gasteiger partial charge >= 0.3 is 0 Å². The summed E-state index contributed by atoms with van der Waals surface area (Å²) in [5.41, 5.74) is 8.37. The molecule has 4 unspecified atom stereocenters. The van der Waals surface area contributed by atoms with Gasteiger partial charge < -0.3 is 4.90 Å². The van der Waals surface area contributed by atoms with Gasteiger partial charge in [-0.15, -0.1) is 0 Å². The first-order valence-electron chi connectivity index (χ1n) is 10.7. The summed E-state index contributed by atoms with van der Waals surface area (Å²) in [5, 5.41) is 0. The van der Waals surface area contributed by atoms with Gasteiger partial charge in [0.1, 0.15) is 0 Å². The highest BCUT2D eigenvalue weighted by Gasteiger charge is 2.37. The van der Waals surface area contributed by atoms with Crippen LogP contribution in [-0.2, 0) is 4.79 Å². The van der Waals surface area contributed by atoms with Crippen LogP contribution in [0.1, 0.15) is 50.0 Å². The first kappa shape index (κ1) is 18.9. The molecule has 0 spiro atoms. The minimum atomic E-state index is 0.252. The molecule has 1 aromatic carbocycles. The lowest BCUT2D eigenvalue weighted by molar-refractivity contribution is -0.131. The zero-order chi connectivity index (χ0) is 18.6. The molecule has 0 radical (unpaired) electrons. The number of carbonyl (C=O) groups excluding carboxylic acids is 1. The van der Waals surface area contributed by atoms with Gasteiger partial charge in [0.2, 0.25) is 5.91 Å². The van der Waals surface area contributed by atoms with Gasteiger partial charge in [-0.25, -0.2) is 0 Å². The van der Waals surface area contributed by atoms with Gasteiger partial charge in [0.15, 0.2) is 0 Å². The van der Waals surface area contributed by atoms with E-state index in [0.29, 0.717) is 30.5 Å². The molecule has 4 rings (SSSR count). The lowest BCUT2D eigenvalue weighted by Gasteiger charge is -2.27.